The van der Waals surface area contributed by atoms with Gasteiger partial charge in [-0.15, -0.1) is 0 Å². The quantitative estimate of drug-likeness (QED) is 0.792. The molecule has 2 N–H and O–H groups in total. The van der Waals surface area contributed by atoms with E-state index in [2.05, 4.69) is 10.0 Å². The van der Waals surface area contributed by atoms with Gasteiger partial charge in [-0.1, -0.05) is 0 Å². The molecule has 0 aliphatic carbocycles. The number of rotatable bonds is 6. The SMILES string of the molecule is CS(=O)(=O)c1ccc(S(=O)(=O)NCC[C@H]2CCCN2)cc1. The van der Waals surface area contributed by atoms with Crippen LogP contribution in [0.25, 0.3) is 0 Å². The molecule has 8 heteroatoms. The molecule has 1 saturated heterocycles. The van der Waals surface area contributed by atoms with Gasteiger partial charge < -0.3 is 5.32 Å². The van der Waals surface area contributed by atoms with E-state index in [1.165, 1.54) is 24.3 Å². The third-order valence-electron chi connectivity index (χ3n) is 3.51. The van der Waals surface area contributed by atoms with Gasteiger partial charge in [-0.25, -0.2) is 21.6 Å². The topological polar surface area (TPSA) is 92.3 Å². The molecule has 0 saturated carbocycles. The predicted molar refractivity (Wildman–Crippen MR) is 80.4 cm³/mol. The van der Waals surface area contributed by atoms with E-state index in [0.717, 1.165) is 32.1 Å². The van der Waals surface area contributed by atoms with Crippen LogP contribution in [-0.2, 0) is 19.9 Å². The molecule has 6 nitrogen and oxygen atoms in total. The fourth-order valence-electron chi connectivity index (χ4n) is 2.32. The van der Waals surface area contributed by atoms with Gasteiger partial charge in [0.05, 0.1) is 9.79 Å². The Bertz CT molecular complexity index is 675. The molecule has 0 radical (unpaired) electrons. The summed E-state index contributed by atoms with van der Waals surface area (Å²) in [6.45, 7) is 1.36. The highest BCUT2D eigenvalue weighted by Crippen LogP contribution is 2.14. The summed E-state index contributed by atoms with van der Waals surface area (Å²) in [5, 5.41) is 3.31. The lowest BCUT2D eigenvalue weighted by molar-refractivity contribution is 0.539. The zero-order chi connectivity index (χ0) is 15.5. The third kappa shape index (κ3) is 4.50. The second kappa shape index (κ2) is 6.43. The first-order chi connectivity index (χ1) is 9.79. The number of sulfone groups is 1. The van der Waals surface area contributed by atoms with Crippen LogP contribution in [0, 0.1) is 0 Å². The van der Waals surface area contributed by atoms with Gasteiger partial charge in [-0.3, -0.25) is 0 Å². The maximum Gasteiger partial charge on any atom is 0.240 e. The Morgan fingerprint density at radius 3 is 2.29 bits per heavy atom. The van der Waals surface area contributed by atoms with Crippen molar-refractivity contribution >= 4 is 19.9 Å². The summed E-state index contributed by atoms with van der Waals surface area (Å²) in [5.74, 6) is 0. The zero-order valence-electron chi connectivity index (χ0n) is 11.9. The molecule has 1 aliphatic rings. The van der Waals surface area contributed by atoms with Crippen molar-refractivity contribution in [1.29, 1.82) is 0 Å². The first-order valence-corrected chi connectivity index (χ1v) is 10.2. The zero-order valence-corrected chi connectivity index (χ0v) is 13.5. The number of benzene rings is 1. The van der Waals surface area contributed by atoms with Gasteiger partial charge in [-0.2, -0.15) is 0 Å². The second-order valence-corrected chi connectivity index (χ2v) is 9.01. The number of sulfonamides is 1. The van der Waals surface area contributed by atoms with Gasteiger partial charge in [0.1, 0.15) is 0 Å². The van der Waals surface area contributed by atoms with Crippen LogP contribution < -0.4 is 10.0 Å². The summed E-state index contributed by atoms with van der Waals surface area (Å²) in [6.07, 6.45) is 4.04. The minimum atomic E-state index is -3.59. The van der Waals surface area contributed by atoms with Crippen molar-refractivity contribution in [2.45, 2.75) is 35.1 Å². The smallest absolute Gasteiger partial charge is 0.240 e. The highest BCUT2D eigenvalue weighted by molar-refractivity contribution is 7.90. The number of hydrogen-bond acceptors (Lipinski definition) is 5. The largest absolute Gasteiger partial charge is 0.314 e. The minimum Gasteiger partial charge on any atom is -0.314 e. The predicted octanol–water partition coefficient (Wildman–Crippen LogP) is 0.511. The van der Waals surface area contributed by atoms with Crippen LogP contribution in [0.4, 0.5) is 0 Å². The van der Waals surface area contributed by atoms with Gasteiger partial charge in [0.2, 0.25) is 10.0 Å². The third-order valence-corrected chi connectivity index (χ3v) is 6.11. The lowest BCUT2D eigenvalue weighted by Gasteiger charge is -2.11. The Labute approximate surface area is 125 Å². The van der Waals surface area contributed by atoms with Crippen LogP contribution in [0.15, 0.2) is 34.1 Å². The molecular weight excluding hydrogens is 312 g/mol. The van der Waals surface area contributed by atoms with E-state index >= 15 is 0 Å². The van der Waals surface area contributed by atoms with E-state index in [-0.39, 0.29) is 9.79 Å². The Kier molecular flexibility index (Phi) is 5.03. The maximum atomic E-state index is 12.1. The first kappa shape index (κ1) is 16.4. The molecule has 1 heterocycles. The molecule has 2 rings (SSSR count). The fraction of sp³-hybridized carbons (Fsp3) is 0.538. The summed E-state index contributed by atoms with van der Waals surface area (Å²) in [5.41, 5.74) is 0. The first-order valence-electron chi connectivity index (χ1n) is 6.82. The molecule has 1 aliphatic heterocycles. The summed E-state index contributed by atoms with van der Waals surface area (Å²) >= 11 is 0. The summed E-state index contributed by atoms with van der Waals surface area (Å²) in [6, 6.07) is 5.62. The van der Waals surface area contributed by atoms with Crippen LogP contribution >= 0.6 is 0 Å². The molecule has 1 aromatic rings. The average Bonchev–Trinajstić information content (AvgIpc) is 2.91. The van der Waals surface area contributed by atoms with Crippen LogP contribution in [0.5, 0.6) is 0 Å². The van der Waals surface area contributed by atoms with Crippen molar-refractivity contribution in [3.05, 3.63) is 24.3 Å². The van der Waals surface area contributed by atoms with E-state index < -0.39 is 19.9 Å². The molecule has 21 heavy (non-hydrogen) atoms. The molecule has 0 bridgehead atoms. The Balaban J connectivity index is 1.98. The Morgan fingerprint density at radius 2 is 1.76 bits per heavy atom. The highest BCUT2D eigenvalue weighted by Gasteiger charge is 2.17. The lowest BCUT2D eigenvalue weighted by Crippen LogP contribution is -2.30. The van der Waals surface area contributed by atoms with Crippen molar-refractivity contribution in [3.8, 4) is 0 Å². The van der Waals surface area contributed by atoms with Crippen molar-refractivity contribution in [2.24, 2.45) is 0 Å². The van der Waals surface area contributed by atoms with E-state index in [0.29, 0.717) is 12.6 Å². The molecule has 0 aromatic heterocycles. The lowest BCUT2D eigenvalue weighted by atomic mass is 10.2. The van der Waals surface area contributed by atoms with Crippen LogP contribution in [0.1, 0.15) is 19.3 Å². The average molecular weight is 332 g/mol. The number of hydrogen-bond donors (Lipinski definition) is 2. The van der Waals surface area contributed by atoms with Gasteiger partial charge in [0, 0.05) is 18.8 Å². The summed E-state index contributed by atoms with van der Waals surface area (Å²) < 4.78 is 49.4. The molecule has 0 spiro atoms. The van der Waals surface area contributed by atoms with Crippen molar-refractivity contribution in [1.82, 2.24) is 10.0 Å². The Hall–Kier alpha value is -0.960. The van der Waals surface area contributed by atoms with Gasteiger partial charge in [0.15, 0.2) is 9.84 Å². The monoisotopic (exact) mass is 332 g/mol. The maximum absolute atomic E-state index is 12.1. The van der Waals surface area contributed by atoms with Crippen LogP contribution in [-0.4, -0.2) is 42.2 Å². The van der Waals surface area contributed by atoms with Crippen LogP contribution in [0.2, 0.25) is 0 Å². The summed E-state index contributed by atoms with van der Waals surface area (Å²) in [7, 11) is -6.90. The molecule has 118 valence electrons. The Morgan fingerprint density at radius 1 is 1.14 bits per heavy atom. The molecule has 0 amide bonds. The van der Waals surface area contributed by atoms with Gasteiger partial charge in [0.25, 0.3) is 0 Å². The molecule has 1 aromatic carbocycles. The summed E-state index contributed by atoms with van der Waals surface area (Å²) in [4.78, 5) is 0.186. The molecule has 0 unspecified atom stereocenters. The molecule has 1 atom stereocenters. The molecular formula is C13H20N2O4S2. The van der Waals surface area contributed by atoms with E-state index in [9.17, 15) is 16.8 Å². The normalized spacial score (nSPS) is 19.8. The van der Waals surface area contributed by atoms with Crippen LogP contribution in [0.3, 0.4) is 0 Å². The van der Waals surface area contributed by atoms with Gasteiger partial charge >= 0.3 is 0 Å². The minimum absolute atomic E-state index is 0.0780. The van der Waals surface area contributed by atoms with Gasteiger partial charge in [-0.05, 0) is 50.1 Å². The highest BCUT2D eigenvalue weighted by atomic mass is 32.2. The van der Waals surface area contributed by atoms with Crippen molar-refractivity contribution in [3.63, 3.8) is 0 Å². The van der Waals surface area contributed by atoms with E-state index in [1.807, 2.05) is 0 Å². The molecule has 1 fully saturated rings. The van der Waals surface area contributed by atoms with Crippen molar-refractivity contribution in [2.75, 3.05) is 19.3 Å². The van der Waals surface area contributed by atoms with E-state index in [1.54, 1.807) is 0 Å². The van der Waals surface area contributed by atoms with Crippen molar-refractivity contribution < 1.29 is 16.8 Å². The standard InChI is InChI=1S/C13H20N2O4S2/c1-20(16,17)12-4-6-13(7-5-12)21(18,19)15-10-8-11-3-2-9-14-11/h4-7,11,14-15H,2-3,8-10H2,1H3/t11-/m1/s1. The van der Waals surface area contributed by atoms with E-state index in [4.69, 9.17) is 0 Å². The second-order valence-electron chi connectivity index (χ2n) is 5.22. The number of nitrogens with one attached hydrogen (secondary N) is 2. The fourth-order valence-corrected chi connectivity index (χ4v) is 4.00.